The van der Waals surface area contributed by atoms with E-state index in [2.05, 4.69) is 17.6 Å². The maximum Gasteiger partial charge on any atom is 0.312 e. The van der Waals surface area contributed by atoms with Gasteiger partial charge in [-0.25, -0.2) is 4.79 Å². The second-order valence-electron chi connectivity index (χ2n) is 5.50. The molecule has 0 aromatic carbocycles. The number of rotatable bonds is 5. The average molecular weight is 255 g/mol. The van der Waals surface area contributed by atoms with Crippen LogP contribution in [0.25, 0.3) is 0 Å². The van der Waals surface area contributed by atoms with E-state index >= 15 is 0 Å². The molecule has 1 fully saturated rings. The molecule has 1 aliphatic rings. The summed E-state index contributed by atoms with van der Waals surface area (Å²) in [5.41, 5.74) is 5.12. The van der Waals surface area contributed by atoms with E-state index in [9.17, 15) is 9.59 Å². The van der Waals surface area contributed by atoms with Crippen LogP contribution in [-0.4, -0.2) is 24.0 Å². The average Bonchev–Trinajstić information content (AvgIpc) is 2.70. The molecule has 4 atom stereocenters. The Hall–Kier alpha value is -1.26. The minimum absolute atomic E-state index is 0.0799. The molecule has 4 unspecified atom stereocenters. The molecular weight excluding hydrogens is 230 g/mol. The quantitative estimate of drug-likeness (QED) is 0.693. The van der Waals surface area contributed by atoms with Crippen LogP contribution >= 0.6 is 0 Å². The number of hydrogen-bond donors (Lipinski definition) is 3. The first-order chi connectivity index (χ1) is 8.43. The lowest BCUT2D eigenvalue weighted by Crippen LogP contribution is -2.53. The molecule has 5 nitrogen and oxygen atoms in total. The van der Waals surface area contributed by atoms with Crippen LogP contribution in [0.4, 0.5) is 4.79 Å². The lowest BCUT2D eigenvalue weighted by molar-refractivity contribution is -0.124. The van der Waals surface area contributed by atoms with E-state index < -0.39 is 12.1 Å². The van der Waals surface area contributed by atoms with Crippen molar-refractivity contribution >= 4 is 11.9 Å². The zero-order valence-corrected chi connectivity index (χ0v) is 11.5. The monoisotopic (exact) mass is 255 g/mol. The molecule has 18 heavy (non-hydrogen) atoms. The minimum atomic E-state index is -0.643. The van der Waals surface area contributed by atoms with Gasteiger partial charge in [0, 0.05) is 6.04 Å². The van der Waals surface area contributed by atoms with Crippen LogP contribution in [0, 0.1) is 11.8 Å². The van der Waals surface area contributed by atoms with Crippen molar-refractivity contribution in [2.75, 3.05) is 0 Å². The summed E-state index contributed by atoms with van der Waals surface area (Å²) in [5.74, 6) is 0.639. The number of primary amides is 1. The molecular formula is C13H25N3O2. The fourth-order valence-electron chi connectivity index (χ4n) is 2.48. The molecule has 0 saturated heterocycles. The molecule has 0 heterocycles. The van der Waals surface area contributed by atoms with E-state index in [1.54, 1.807) is 0 Å². The number of urea groups is 1. The summed E-state index contributed by atoms with van der Waals surface area (Å²) in [6.45, 7) is 6.13. The van der Waals surface area contributed by atoms with Gasteiger partial charge in [-0.1, -0.05) is 27.2 Å². The van der Waals surface area contributed by atoms with Crippen LogP contribution < -0.4 is 16.4 Å². The number of hydrogen-bond acceptors (Lipinski definition) is 2. The first-order valence-electron chi connectivity index (χ1n) is 6.80. The van der Waals surface area contributed by atoms with E-state index in [-0.39, 0.29) is 17.9 Å². The molecule has 1 saturated carbocycles. The van der Waals surface area contributed by atoms with Crippen molar-refractivity contribution in [3.8, 4) is 0 Å². The Morgan fingerprint density at radius 1 is 1.39 bits per heavy atom. The van der Waals surface area contributed by atoms with Gasteiger partial charge in [-0.05, 0) is 31.1 Å². The molecule has 0 bridgehead atoms. The number of nitrogens with one attached hydrogen (secondary N) is 2. The minimum Gasteiger partial charge on any atom is -0.352 e. The van der Waals surface area contributed by atoms with Gasteiger partial charge < -0.3 is 16.4 Å². The van der Waals surface area contributed by atoms with Crippen molar-refractivity contribution in [1.29, 1.82) is 0 Å². The van der Waals surface area contributed by atoms with Gasteiger partial charge in [-0.15, -0.1) is 0 Å². The fraction of sp³-hybridized carbons (Fsp3) is 0.846. The summed E-state index contributed by atoms with van der Waals surface area (Å²) in [7, 11) is 0. The molecule has 4 N–H and O–H groups in total. The normalized spacial score (nSPS) is 26.4. The Morgan fingerprint density at radius 2 is 2.06 bits per heavy atom. The Balaban J connectivity index is 2.55. The molecule has 5 heteroatoms. The Kier molecular flexibility index (Phi) is 5.44. The van der Waals surface area contributed by atoms with Crippen LogP contribution in [-0.2, 0) is 4.79 Å². The zero-order valence-electron chi connectivity index (χ0n) is 11.5. The smallest absolute Gasteiger partial charge is 0.312 e. The maximum absolute atomic E-state index is 12.2. The highest BCUT2D eigenvalue weighted by molar-refractivity contribution is 5.87. The molecule has 1 rings (SSSR count). The van der Waals surface area contributed by atoms with Crippen molar-refractivity contribution < 1.29 is 9.59 Å². The summed E-state index contributed by atoms with van der Waals surface area (Å²) in [5, 5.41) is 5.56. The molecule has 0 spiro atoms. The molecule has 104 valence electrons. The number of nitrogens with two attached hydrogens (primary N) is 1. The first kappa shape index (κ1) is 14.8. The standard InChI is InChI=1S/C13H25N3O2/c1-4-9(3)11(16-13(14)18)12(17)15-10-6-5-8(2)7-10/h8-11H,4-7H2,1-3H3,(H,15,17)(H3,14,16,18). The van der Waals surface area contributed by atoms with Gasteiger partial charge in [-0.2, -0.15) is 0 Å². The van der Waals surface area contributed by atoms with Gasteiger partial charge >= 0.3 is 6.03 Å². The van der Waals surface area contributed by atoms with Gasteiger partial charge in [0.05, 0.1) is 0 Å². The van der Waals surface area contributed by atoms with Crippen molar-refractivity contribution in [2.45, 2.75) is 58.5 Å². The van der Waals surface area contributed by atoms with Gasteiger partial charge in [0.1, 0.15) is 6.04 Å². The van der Waals surface area contributed by atoms with Crippen LogP contribution in [0.15, 0.2) is 0 Å². The van der Waals surface area contributed by atoms with Crippen LogP contribution in [0.3, 0.4) is 0 Å². The van der Waals surface area contributed by atoms with Gasteiger partial charge in [0.15, 0.2) is 0 Å². The highest BCUT2D eigenvalue weighted by atomic mass is 16.2. The SMILES string of the molecule is CCC(C)C(NC(N)=O)C(=O)NC1CCC(C)C1. The summed E-state index contributed by atoms with van der Waals surface area (Å²) in [6, 6.07) is -0.924. The third kappa shape index (κ3) is 4.20. The van der Waals surface area contributed by atoms with Gasteiger partial charge in [0.25, 0.3) is 0 Å². The van der Waals surface area contributed by atoms with Crippen molar-refractivity contribution in [3.05, 3.63) is 0 Å². The van der Waals surface area contributed by atoms with Crippen molar-refractivity contribution in [1.82, 2.24) is 10.6 Å². The van der Waals surface area contributed by atoms with Gasteiger partial charge in [-0.3, -0.25) is 4.79 Å². The molecule has 3 amide bonds. The van der Waals surface area contributed by atoms with Crippen LogP contribution in [0.5, 0.6) is 0 Å². The Bertz CT molecular complexity index is 307. The second kappa shape index (κ2) is 6.61. The Labute approximate surface area is 109 Å². The maximum atomic E-state index is 12.2. The largest absolute Gasteiger partial charge is 0.352 e. The fourth-order valence-corrected chi connectivity index (χ4v) is 2.48. The lowest BCUT2D eigenvalue weighted by Gasteiger charge is -2.24. The molecule has 1 aliphatic carbocycles. The van der Waals surface area contributed by atoms with Crippen molar-refractivity contribution in [2.24, 2.45) is 17.6 Å². The highest BCUT2D eigenvalue weighted by Crippen LogP contribution is 2.24. The predicted molar refractivity (Wildman–Crippen MR) is 70.9 cm³/mol. The van der Waals surface area contributed by atoms with E-state index in [0.29, 0.717) is 5.92 Å². The van der Waals surface area contributed by atoms with E-state index in [1.807, 2.05) is 13.8 Å². The topological polar surface area (TPSA) is 84.2 Å². The summed E-state index contributed by atoms with van der Waals surface area (Å²) >= 11 is 0. The van der Waals surface area contributed by atoms with Gasteiger partial charge in [0.2, 0.25) is 5.91 Å². The summed E-state index contributed by atoms with van der Waals surface area (Å²) in [6.07, 6.45) is 4.02. The first-order valence-corrected chi connectivity index (χ1v) is 6.80. The van der Waals surface area contributed by atoms with Crippen molar-refractivity contribution in [3.63, 3.8) is 0 Å². The van der Waals surface area contributed by atoms with Crippen LogP contribution in [0.1, 0.15) is 46.5 Å². The second-order valence-corrected chi connectivity index (χ2v) is 5.50. The van der Waals surface area contributed by atoms with E-state index in [1.165, 1.54) is 0 Å². The molecule has 0 aromatic rings. The summed E-state index contributed by atoms with van der Waals surface area (Å²) < 4.78 is 0. The summed E-state index contributed by atoms with van der Waals surface area (Å²) in [4.78, 5) is 23.1. The number of amides is 3. The highest BCUT2D eigenvalue weighted by Gasteiger charge is 2.29. The number of carbonyl (C=O) groups excluding carboxylic acids is 2. The predicted octanol–water partition coefficient (Wildman–Crippen LogP) is 1.37. The third-order valence-corrected chi connectivity index (χ3v) is 3.83. The Morgan fingerprint density at radius 3 is 2.50 bits per heavy atom. The molecule has 0 radical (unpaired) electrons. The zero-order chi connectivity index (χ0) is 13.7. The third-order valence-electron chi connectivity index (χ3n) is 3.83. The molecule has 0 aromatic heterocycles. The van der Waals surface area contributed by atoms with E-state index in [4.69, 9.17) is 5.73 Å². The lowest BCUT2D eigenvalue weighted by atomic mass is 9.98. The van der Waals surface area contributed by atoms with Crippen LogP contribution in [0.2, 0.25) is 0 Å². The van der Waals surface area contributed by atoms with E-state index in [0.717, 1.165) is 25.7 Å². The number of carbonyl (C=O) groups is 2. The molecule has 0 aliphatic heterocycles.